The summed E-state index contributed by atoms with van der Waals surface area (Å²) in [5.74, 6) is 0.853. The van der Waals surface area contributed by atoms with Crippen molar-refractivity contribution >= 4 is 22.6 Å². The van der Waals surface area contributed by atoms with Crippen LogP contribution in [0.3, 0.4) is 0 Å². The molecular formula is C23H24N6O. The number of rotatable bonds is 4. The number of anilines is 1. The van der Waals surface area contributed by atoms with Crippen molar-refractivity contribution in [1.82, 2.24) is 25.3 Å². The van der Waals surface area contributed by atoms with Gasteiger partial charge in [-0.25, -0.2) is 0 Å². The van der Waals surface area contributed by atoms with Crippen LogP contribution in [-0.4, -0.2) is 45.0 Å². The summed E-state index contributed by atoms with van der Waals surface area (Å²) in [6, 6.07) is 20.2. The van der Waals surface area contributed by atoms with Gasteiger partial charge in [0.25, 0.3) is 5.91 Å². The second-order valence-electron chi connectivity index (χ2n) is 7.73. The number of hydrogen-bond acceptors (Lipinski definition) is 4. The number of aromatic nitrogens is 4. The summed E-state index contributed by atoms with van der Waals surface area (Å²) in [4.78, 5) is 15.1. The average molecular weight is 400 g/mol. The van der Waals surface area contributed by atoms with E-state index in [9.17, 15) is 4.79 Å². The molecular weight excluding hydrogens is 376 g/mol. The average Bonchev–Trinajstić information content (AvgIpc) is 3.41. The van der Waals surface area contributed by atoms with Crippen LogP contribution in [0.1, 0.15) is 23.3 Å². The van der Waals surface area contributed by atoms with Crippen LogP contribution < -0.4 is 10.2 Å². The molecule has 1 fully saturated rings. The maximum absolute atomic E-state index is 12.8. The first-order valence-electron chi connectivity index (χ1n) is 10.3. The molecule has 0 atom stereocenters. The van der Waals surface area contributed by atoms with Crippen LogP contribution in [0.25, 0.3) is 22.2 Å². The number of hydrogen-bond donors (Lipinski definition) is 2. The van der Waals surface area contributed by atoms with E-state index in [2.05, 4.69) is 43.7 Å². The third-order valence-electron chi connectivity index (χ3n) is 5.78. The van der Waals surface area contributed by atoms with Crippen molar-refractivity contribution in [3.8, 4) is 11.3 Å². The summed E-state index contributed by atoms with van der Waals surface area (Å²) in [6.45, 7) is 1.71. The van der Waals surface area contributed by atoms with Crippen molar-refractivity contribution in [3.63, 3.8) is 0 Å². The molecule has 0 bridgehead atoms. The molecule has 1 aliphatic rings. The number of nitrogens with one attached hydrogen (secondary N) is 2. The molecule has 0 aliphatic carbocycles. The van der Waals surface area contributed by atoms with Gasteiger partial charge in [0.2, 0.25) is 0 Å². The molecule has 152 valence electrons. The lowest BCUT2D eigenvalue weighted by Crippen LogP contribution is -2.45. The van der Waals surface area contributed by atoms with Crippen LogP contribution >= 0.6 is 0 Å². The number of amides is 1. The van der Waals surface area contributed by atoms with Crippen LogP contribution in [0.15, 0.2) is 60.7 Å². The monoisotopic (exact) mass is 400 g/mol. The Labute approximate surface area is 174 Å². The summed E-state index contributed by atoms with van der Waals surface area (Å²) < 4.78 is 1.76. The smallest absolute Gasteiger partial charge is 0.272 e. The second kappa shape index (κ2) is 7.67. The van der Waals surface area contributed by atoms with Crippen LogP contribution in [0.4, 0.5) is 5.82 Å². The van der Waals surface area contributed by atoms with Crippen molar-refractivity contribution < 1.29 is 4.79 Å². The number of piperidine rings is 1. The van der Waals surface area contributed by atoms with E-state index in [0.717, 1.165) is 53.9 Å². The van der Waals surface area contributed by atoms with Gasteiger partial charge in [-0.15, -0.1) is 0 Å². The number of aromatic amines is 1. The van der Waals surface area contributed by atoms with Gasteiger partial charge in [-0.05, 0) is 24.5 Å². The van der Waals surface area contributed by atoms with Gasteiger partial charge in [0, 0.05) is 37.6 Å². The largest absolute Gasteiger partial charge is 0.355 e. The van der Waals surface area contributed by atoms with Gasteiger partial charge in [-0.3, -0.25) is 14.6 Å². The molecule has 2 aromatic heterocycles. The highest BCUT2D eigenvalue weighted by Gasteiger charge is 2.24. The van der Waals surface area contributed by atoms with Crippen molar-refractivity contribution in [2.24, 2.45) is 7.05 Å². The zero-order chi connectivity index (χ0) is 20.5. The predicted octanol–water partition coefficient (Wildman–Crippen LogP) is 3.36. The fourth-order valence-corrected chi connectivity index (χ4v) is 4.13. The van der Waals surface area contributed by atoms with Crippen LogP contribution in [0, 0.1) is 0 Å². The fourth-order valence-electron chi connectivity index (χ4n) is 4.13. The number of carbonyl (C=O) groups is 1. The number of para-hydroxylation sites is 1. The Kier molecular flexibility index (Phi) is 4.71. The highest BCUT2D eigenvalue weighted by atomic mass is 16.2. The molecule has 7 nitrogen and oxygen atoms in total. The minimum Gasteiger partial charge on any atom is -0.355 e. The topological polar surface area (TPSA) is 78.8 Å². The molecule has 3 heterocycles. The Morgan fingerprint density at radius 1 is 1.07 bits per heavy atom. The van der Waals surface area contributed by atoms with Gasteiger partial charge in [0.1, 0.15) is 0 Å². The summed E-state index contributed by atoms with van der Waals surface area (Å²) in [5.41, 5.74) is 3.60. The SMILES string of the molecule is Cn1nc(C(=O)NC2CCN(c3cc(-c4ccccc4)[nH]n3)CC2)c2ccccc21. The third-order valence-corrected chi connectivity index (χ3v) is 5.78. The van der Waals surface area contributed by atoms with Crippen LogP contribution in [0.5, 0.6) is 0 Å². The van der Waals surface area contributed by atoms with Gasteiger partial charge in [0.15, 0.2) is 11.5 Å². The molecule has 5 rings (SSSR count). The molecule has 0 spiro atoms. The summed E-state index contributed by atoms with van der Waals surface area (Å²) in [7, 11) is 1.87. The predicted molar refractivity (Wildman–Crippen MR) is 117 cm³/mol. The van der Waals surface area contributed by atoms with Crippen molar-refractivity contribution in [3.05, 3.63) is 66.4 Å². The van der Waals surface area contributed by atoms with Gasteiger partial charge in [-0.1, -0.05) is 48.5 Å². The zero-order valence-electron chi connectivity index (χ0n) is 16.9. The number of aryl methyl sites for hydroxylation is 1. The Hall–Kier alpha value is -3.61. The van der Waals surface area contributed by atoms with E-state index in [0.29, 0.717) is 5.69 Å². The Bertz CT molecular complexity index is 1170. The Morgan fingerprint density at radius 2 is 1.80 bits per heavy atom. The highest BCUT2D eigenvalue weighted by molar-refractivity contribution is 6.04. The molecule has 1 aliphatic heterocycles. The third kappa shape index (κ3) is 3.43. The molecule has 1 amide bonds. The number of carbonyl (C=O) groups excluding carboxylic acids is 1. The number of benzene rings is 2. The van der Waals surface area contributed by atoms with E-state index < -0.39 is 0 Å². The first-order valence-corrected chi connectivity index (χ1v) is 10.3. The fraction of sp³-hybridized carbons (Fsp3) is 0.261. The lowest BCUT2D eigenvalue weighted by atomic mass is 10.0. The van der Waals surface area contributed by atoms with Crippen LogP contribution in [0.2, 0.25) is 0 Å². The first kappa shape index (κ1) is 18.4. The van der Waals surface area contributed by atoms with E-state index in [1.54, 1.807) is 4.68 Å². The maximum atomic E-state index is 12.8. The molecule has 2 N–H and O–H groups in total. The summed E-state index contributed by atoms with van der Waals surface area (Å²) in [5, 5.41) is 16.1. The summed E-state index contributed by atoms with van der Waals surface area (Å²) >= 11 is 0. The highest BCUT2D eigenvalue weighted by Crippen LogP contribution is 2.24. The molecule has 2 aromatic carbocycles. The number of nitrogens with zero attached hydrogens (tertiary/aromatic N) is 4. The zero-order valence-corrected chi connectivity index (χ0v) is 16.9. The quantitative estimate of drug-likeness (QED) is 0.551. The molecule has 0 radical (unpaired) electrons. The van der Waals surface area contributed by atoms with Gasteiger partial charge in [-0.2, -0.15) is 10.2 Å². The molecule has 7 heteroatoms. The number of H-pyrrole nitrogens is 1. The summed E-state index contributed by atoms with van der Waals surface area (Å²) in [6.07, 6.45) is 1.76. The van der Waals surface area contributed by atoms with Crippen molar-refractivity contribution in [1.29, 1.82) is 0 Å². The van der Waals surface area contributed by atoms with E-state index >= 15 is 0 Å². The lowest BCUT2D eigenvalue weighted by molar-refractivity contribution is 0.0927. The standard InChI is InChI=1S/C23H24N6O/c1-28-20-10-6-5-9-18(20)22(27-28)23(30)24-17-11-13-29(14-12-17)21-15-19(25-26-21)16-7-3-2-4-8-16/h2-10,15,17H,11-14H2,1H3,(H,24,30)(H,25,26). The molecule has 30 heavy (non-hydrogen) atoms. The van der Waals surface area contributed by atoms with E-state index in [1.165, 1.54) is 0 Å². The first-order chi connectivity index (χ1) is 14.7. The Morgan fingerprint density at radius 3 is 2.60 bits per heavy atom. The van der Waals surface area contributed by atoms with Crippen molar-refractivity contribution in [2.75, 3.05) is 18.0 Å². The van der Waals surface area contributed by atoms with E-state index in [1.807, 2.05) is 49.5 Å². The van der Waals surface area contributed by atoms with Crippen LogP contribution in [-0.2, 0) is 7.05 Å². The molecule has 4 aromatic rings. The molecule has 0 unspecified atom stereocenters. The second-order valence-corrected chi connectivity index (χ2v) is 7.73. The minimum absolute atomic E-state index is 0.101. The van der Waals surface area contributed by atoms with Gasteiger partial charge in [0.05, 0.1) is 11.2 Å². The van der Waals surface area contributed by atoms with Crippen molar-refractivity contribution in [2.45, 2.75) is 18.9 Å². The number of fused-ring (bicyclic) bond motifs is 1. The Balaban J connectivity index is 1.22. The van der Waals surface area contributed by atoms with E-state index in [4.69, 9.17) is 0 Å². The van der Waals surface area contributed by atoms with E-state index in [-0.39, 0.29) is 11.9 Å². The molecule has 0 saturated carbocycles. The van der Waals surface area contributed by atoms with Gasteiger partial charge >= 0.3 is 0 Å². The van der Waals surface area contributed by atoms with Gasteiger partial charge < -0.3 is 10.2 Å². The lowest BCUT2D eigenvalue weighted by Gasteiger charge is -2.32. The normalized spacial score (nSPS) is 14.9. The minimum atomic E-state index is -0.101. The molecule has 1 saturated heterocycles. The maximum Gasteiger partial charge on any atom is 0.272 e.